The van der Waals surface area contributed by atoms with Crippen LogP contribution in [-0.2, 0) is 0 Å². The van der Waals surface area contributed by atoms with Gasteiger partial charge in [-0.15, -0.1) is 11.8 Å². The molecule has 1 heterocycles. The number of piperidine rings is 1. The molecule has 0 saturated carbocycles. The average molecular weight is 231 g/mol. The third-order valence-electron chi connectivity index (χ3n) is 2.65. The number of rotatable bonds is 3. The van der Waals surface area contributed by atoms with Crippen molar-refractivity contribution in [2.45, 2.75) is 17.6 Å². The van der Waals surface area contributed by atoms with Gasteiger partial charge in [0.15, 0.2) is 0 Å². The Morgan fingerprint density at radius 3 is 2.57 bits per heavy atom. The summed E-state index contributed by atoms with van der Waals surface area (Å²) >= 11 is 7.41. The lowest BCUT2D eigenvalue weighted by Gasteiger charge is -2.35. The van der Waals surface area contributed by atoms with E-state index in [4.69, 9.17) is 16.9 Å². The minimum absolute atomic E-state index is 0.163. The minimum atomic E-state index is -0.163. The van der Waals surface area contributed by atoms with Crippen LogP contribution in [0.5, 0.6) is 0 Å². The van der Waals surface area contributed by atoms with Gasteiger partial charge < -0.3 is 0 Å². The van der Waals surface area contributed by atoms with Crippen LogP contribution in [-0.4, -0.2) is 35.5 Å². The number of nitrogens with zero attached hydrogens (tertiary/aromatic N) is 2. The van der Waals surface area contributed by atoms with E-state index in [0.717, 1.165) is 32.5 Å². The topological polar surface area (TPSA) is 27.0 Å². The molecule has 0 unspecified atom stereocenters. The smallest absolute Gasteiger partial charge is 0.104 e. The van der Waals surface area contributed by atoms with Gasteiger partial charge in [-0.05, 0) is 19.1 Å². The molecule has 78 valence electrons. The van der Waals surface area contributed by atoms with Crippen molar-refractivity contribution in [1.82, 2.24) is 4.90 Å². The zero-order valence-electron chi connectivity index (χ0n) is 8.42. The molecule has 0 aromatic heterocycles. The third kappa shape index (κ3) is 2.91. The lowest BCUT2D eigenvalue weighted by atomic mass is 9.97. The molecule has 0 atom stereocenters. The molecule has 1 saturated heterocycles. The zero-order chi connectivity index (χ0) is 10.6. The monoisotopic (exact) mass is 230 g/mol. The molecule has 0 aromatic rings. The number of nitriles is 1. The van der Waals surface area contributed by atoms with E-state index in [2.05, 4.69) is 17.5 Å². The van der Waals surface area contributed by atoms with Gasteiger partial charge in [0.2, 0.25) is 0 Å². The van der Waals surface area contributed by atoms with Crippen LogP contribution in [0.25, 0.3) is 0 Å². The van der Waals surface area contributed by atoms with Crippen LogP contribution in [0.4, 0.5) is 0 Å². The fourth-order valence-corrected chi connectivity index (χ4v) is 2.53. The first-order valence-corrected chi connectivity index (χ1v) is 6.24. The highest BCUT2D eigenvalue weighted by atomic mass is 35.5. The van der Waals surface area contributed by atoms with E-state index in [-0.39, 0.29) is 4.75 Å². The SMILES string of the molecule is C=C(Cl)CN1CCC(C#N)(SC)CC1. The molecule has 0 aliphatic carbocycles. The number of thioether (sulfide) groups is 1. The molecule has 1 fully saturated rings. The number of halogens is 1. The van der Waals surface area contributed by atoms with Crippen LogP contribution >= 0.6 is 23.4 Å². The second-order valence-electron chi connectivity index (χ2n) is 3.60. The van der Waals surface area contributed by atoms with Crippen LogP contribution in [0.2, 0.25) is 0 Å². The second kappa shape index (κ2) is 5.06. The van der Waals surface area contributed by atoms with Gasteiger partial charge in [0.25, 0.3) is 0 Å². The summed E-state index contributed by atoms with van der Waals surface area (Å²) in [7, 11) is 0. The summed E-state index contributed by atoms with van der Waals surface area (Å²) in [5.74, 6) is 0. The first-order valence-electron chi connectivity index (χ1n) is 4.64. The Balaban J connectivity index is 2.45. The maximum absolute atomic E-state index is 9.08. The molecule has 14 heavy (non-hydrogen) atoms. The Morgan fingerprint density at radius 2 is 2.21 bits per heavy atom. The summed E-state index contributed by atoms with van der Waals surface area (Å²) in [6.07, 6.45) is 3.86. The maximum Gasteiger partial charge on any atom is 0.104 e. The molecule has 4 heteroatoms. The van der Waals surface area contributed by atoms with Crippen molar-refractivity contribution >= 4 is 23.4 Å². The van der Waals surface area contributed by atoms with Crippen LogP contribution in [0.3, 0.4) is 0 Å². The van der Waals surface area contributed by atoms with Gasteiger partial charge in [-0.1, -0.05) is 18.2 Å². The summed E-state index contributed by atoms with van der Waals surface area (Å²) in [6, 6.07) is 2.42. The highest BCUT2D eigenvalue weighted by molar-refractivity contribution is 8.00. The fraction of sp³-hybridized carbons (Fsp3) is 0.700. The largest absolute Gasteiger partial charge is 0.298 e. The Morgan fingerprint density at radius 1 is 1.64 bits per heavy atom. The number of hydrogen-bond donors (Lipinski definition) is 0. The molecular formula is C10H15ClN2S. The van der Waals surface area contributed by atoms with Gasteiger partial charge in [-0.25, -0.2) is 0 Å². The van der Waals surface area contributed by atoms with E-state index in [1.54, 1.807) is 11.8 Å². The average Bonchev–Trinajstić information content (AvgIpc) is 2.19. The van der Waals surface area contributed by atoms with E-state index in [0.29, 0.717) is 5.03 Å². The van der Waals surface area contributed by atoms with Crippen LogP contribution in [0.15, 0.2) is 11.6 Å². The molecule has 1 aliphatic rings. The summed E-state index contributed by atoms with van der Waals surface area (Å²) < 4.78 is -0.163. The van der Waals surface area contributed by atoms with Gasteiger partial charge in [0, 0.05) is 24.7 Å². The Bertz CT molecular complexity index is 251. The van der Waals surface area contributed by atoms with Crippen LogP contribution in [0, 0.1) is 11.3 Å². The molecule has 2 nitrogen and oxygen atoms in total. The third-order valence-corrected chi connectivity index (χ3v) is 4.05. The summed E-state index contributed by atoms with van der Waals surface area (Å²) in [6.45, 7) is 6.32. The first kappa shape index (κ1) is 11.9. The van der Waals surface area contributed by atoms with Gasteiger partial charge in [-0.3, -0.25) is 4.90 Å². The first-order chi connectivity index (χ1) is 6.62. The summed E-state index contributed by atoms with van der Waals surface area (Å²) in [5, 5.41) is 9.76. The Labute approximate surface area is 94.9 Å². The zero-order valence-corrected chi connectivity index (χ0v) is 10.00. The van der Waals surface area contributed by atoms with Gasteiger partial charge >= 0.3 is 0 Å². The van der Waals surface area contributed by atoms with Crippen molar-refractivity contribution in [3.8, 4) is 6.07 Å². The lowest BCUT2D eigenvalue weighted by molar-refractivity contribution is 0.236. The molecule has 0 aromatic carbocycles. The highest BCUT2D eigenvalue weighted by Gasteiger charge is 2.33. The Kier molecular flexibility index (Phi) is 4.31. The molecule has 1 rings (SSSR count). The van der Waals surface area contributed by atoms with Crippen molar-refractivity contribution in [1.29, 1.82) is 5.26 Å². The van der Waals surface area contributed by atoms with E-state index in [1.165, 1.54) is 0 Å². The molecule has 0 radical (unpaired) electrons. The molecule has 0 N–H and O–H groups in total. The van der Waals surface area contributed by atoms with Crippen LogP contribution in [0.1, 0.15) is 12.8 Å². The molecule has 0 bridgehead atoms. The lowest BCUT2D eigenvalue weighted by Crippen LogP contribution is -2.41. The highest BCUT2D eigenvalue weighted by Crippen LogP contribution is 2.33. The standard InChI is InChI=1S/C10H15ClN2S/c1-9(11)7-13-5-3-10(8-12,14-2)4-6-13/h1,3-7H2,2H3. The second-order valence-corrected chi connectivity index (χ2v) is 5.33. The predicted molar refractivity (Wildman–Crippen MR) is 62.5 cm³/mol. The van der Waals surface area contributed by atoms with Crippen molar-refractivity contribution in [2.75, 3.05) is 25.9 Å². The molecule has 0 amide bonds. The maximum atomic E-state index is 9.08. The van der Waals surface area contributed by atoms with E-state index in [1.807, 2.05) is 6.26 Å². The summed E-state index contributed by atoms with van der Waals surface area (Å²) in [4.78, 5) is 2.25. The van der Waals surface area contributed by atoms with E-state index >= 15 is 0 Å². The summed E-state index contributed by atoms with van der Waals surface area (Å²) in [5.41, 5.74) is 0. The number of likely N-dealkylation sites (tertiary alicyclic amines) is 1. The van der Waals surface area contributed by atoms with Gasteiger partial charge in [-0.2, -0.15) is 5.26 Å². The van der Waals surface area contributed by atoms with Crippen LogP contribution < -0.4 is 0 Å². The molecular weight excluding hydrogens is 216 g/mol. The molecule has 0 spiro atoms. The fourth-order valence-electron chi connectivity index (χ4n) is 1.68. The normalized spacial score (nSPS) is 21.5. The van der Waals surface area contributed by atoms with E-state index < -0.39 is 0 Å². The van der Waals surface area contributed by atoms with Crippen molar-refractivity contribution in [3.63, 3.8) is 0 Å². The molecule has 1 aliphatic heterocycles. The van der Waals surface area contributed by atoms with E-state index in [9.17, 15) is 0 Å². The van der Waals surface area contributed by atoms with Gasteiger partial charge in [0.05, 0.1) is 6.07 Å². The quantitative estimate of drug-likeness (QED) is 0.746. The number of hydrogen-bond acceptors (Lipinski definition) is 3. The van der Waals surface area contributed by atoms with Crippen molar-refractivity contribution in [2.24, 2.45) is 0 Å². The van der Waals surface area contributed by atoms with Crippen molar-refractivity contribution < 1.29 is 0 Å². The predicted octanol–water partition coefficient (Wildman–Crippen LogP) is 2.46. The van der Waals surface area contributed by atoms with Gasteiger partial charge in [0.1, 0.15) is 4.75 Å². The Hall–Kier alpha value is -0.170. The van der Waals surface area contributed by atoms with Crippen molar-refractivity contribution in [3.05, 3.63) is 11.6 Å². The minimum Gasteiger partial charge on any atom is -0.298 e.